The number of amidine groups is 1. The molecule has 3 rings (SSSR count). The normalized spacial score (nSPS) is 13.8. The molecule has 0 saturated heterocycles. The lowest BCUT2D eigenvalue weighted by atomic mass is 10.1. The molecule has 2 aromatic rings. The average molecular weight is 585 g/mol. The van der Waals surface area contributed by atoms with Gasteiger partial charge in [-0.2, -0.15) is 0 Å². The highest BCUT2D eigenvalue weighted by Crippen LogP contribution is 2.27. The van der Waals surface area contributed by atoms with Gasteiger partial charge in [0.05, 0.1) is 24.5 Å². The van der Waals surface area contributed by atoms with E-state index in [1.165, 1.54) is 11.8 Å². The molecular formula is C26H31F3N4O6S. The Balaban J connectivity index is 1.31. The number of ether oxygens (including phenoxy) is 1. The summed E-state index contributed by atoms with van der Waals surface area (Å²) in [7, 11) is -3.77. The Morgan fingerprint density at radius 1 is 1.10 bits per heavy atom. The molecule has 0 spiro atoms. The predicted molar refractivity (Wildman–Crippen MR) is 141 cm³/mol. The van der Waals surface area contributed by atoms with Gasteiger partial charge in [0.2, 0.25) is 0 Å². The van der Waals surface area contributed by atoms with Gasteiger partial charge in [0.25, 0.3) is 0 Å². The largest absolute Gasteiger partial charge is 0.573 e. The topological polar surface area (TPSA) is 137 Å². The lowest BCUT2D eigenvalue weighted by Gasteiger charge is -2.14. The van der Waals surface area contributed by atoms with Gasteiger partial charge in [-0.05, 0) is 55.6 Å². The number of halogens is 3. The van der Waals surface area contributed by atoms with Gasteiger partial charge in [0.1, 0.15) is 23.2 Å². The monoisotopic (exact) mass is 584 g/mol. The minimum atomic E-state index is -4.86. The number of nitrogens with zero attached hydrogens (tertiary/aromatic N) is 2. The highest BCUT2D eigenvalue weighted by molar-refractivity contribution is 7.91. The second kappa shape index (κ2) is 13.7. The van der Waals surface area contributed by atoms with Crippen LogP contribution in [0.5, 0.6) is 5.75 Å². The van der Waals surface area contributed by atoms with Crippen molar-refractivity contribution < 1.29 is 41.0 Å². The predicted octanol–water partition coefficient (Wildman–Crippen LogP) is 3.48. The quantitative estimate of drug-likeness (QED) is 0.287. The third-order valence-electron chi connectivity index (χ3n) is 6.00. The number of hydrogen-bond donors (Lipinski definition) is 3. The lowest BCUT2D eigenvalue weighted by Crippen LogP contribution is -2.33. The number of carboxylic acid groups (broad SMARTS) is 1. The molecule has 0 bridgehead atoms. The van der Waals surface area contributed by atoms with E-state index in [4.69, 9.17) is 0 Å². The third-order valence-corrected chi connectivity index (χ3v) is 7.71. The number of alkyl halides is 3. The number of carbonyl (C=O) groups excluding carboxylic acids is 1. The number of nitrogens with one attached hydrogen (secondary N) is 2. The maximum atomic E-state index is 12.5. The number of carbonyl (C=O) groups is 2. The molecule has 0 atom stereocenters. The summed E-state index contributed by atoms with van der Waals surface area (Å²) >= 11 is 0. The van der Waals surface area contributed by atoms with E-state index in [0.29, 0.717) is 56.8 Å². The first kappa shape index (κ1) is 31.0. The summed E-state index contributed by atoms with van der Waals surface area (Å²) in [6.07, 6.45) is -4.45. The molecule has 3 N–H and O–H groups in total. The van der Waals surface area contributed by atoms with Gasteiger partial charge in [0, 0.05) is 18.5 Å². The van der Waals surface area contributed by atoms with Crippen molar-refractivity contribution in [1.82, 2.24) is 15.5 Å². The van der Waals surface area contributed by atoms with Crippen LogP contribution in [-0.2, 0) is 21.2 Å². The summed E-state index contributed by atoms with van der Waals surface area (Å²) in [5.41, 5.74) is 1.79. The highest BCUT2D eigenvalue weighted by Gasteiger charge is 2.31. The molecule has 0 saturated carbocycles. The second-order valence-electron chi connectivity index (χ2n) is 9.17. The molecule has 0 aromatic heterocycles. The van der Waals surface area contributed by atoms with Crippen LogP contribution in [0, 0.1) is 6.92 Å². The Morgan fingerprint density at radius 2 is 1.82 bits per heavy atom. The van der Waals surface area contributed by atoms with Gasteiger partial charge in [-0.15, -0.1) is 13.2 Å². The van der Waals surface area contributed by atoms with Crippen molar-refractivity contribution in [2.75, 3.05) is 32.1 Å². The molecule has 0 aliphatic carbocycles. The van der Waals surface area contributed by atoms with Crippen LogP contribution >= 0.6 is 0 Å². The summed E-state index contributed by atoms with van der Waals surface area (Å²) < 4.78 is 65.9. The first-order valence-electron chi connectivity index (χ1n) is 12.5. The zero-order valence-corrected chi connectivity index (χ0v) is 22.6. The number of aryl methyl sites for hydroxylation is 1. The highest BCUT2D eigenvalue weighted by atomic mass is 32.2. The molecule has 0 radical (unpaired) electrons. The van der Waals surface area contributed by atoms with Crippen molar-refractivity contribution >= 4 is 27.5 Å². The summed E-state index contributed by atoms with van der Waals surface area (Å²) in [6, 6.07) is 10.4. The lowest BCUT2D eigenvalue weighted by molar-refractivity contribution is -0.274. The van der Waals surface area contributed by atoms with E-state index in [-0.39, 0.29) is 28.7 Å². The standard InChI is InChI=1S/C26H31F3N4O6S/c1-18-14-22(39-26(27,28)29)9-10-23(18)40(37,38)17-30-11-3-2-4-21(34)16-31-15-19-5-7-20(8-6-19)24-32-12-13-33(24)25(35)36/h5-10,14,30-31H,2-4,11-13,15-17H2,1H3,(H,35,36). The molecule has 1 aliphatic rings. The number of rotatable bonds is 14. The fourth-order valence-electron chi connectivity index (χ4n) is 4.11. The molecule has 10 nitrogen and oxygen atoms in total. The first-order chi connectivity index (χ1) is 18.9. The minimum absolute atomic E-state index is 0.0124. The van der Waals surface area contributed by atoms with Crippen LogP contribution < -0.4 is 15.4 Å². The molecule has 40 heavy (non-hydrogen) atoms. The Bertz CT molecular complexity index is 1330. The molecule has 0 fully saturated rings. The Hall–Kier alpha value is -3.49. The smallest absolute Gasteiger partial charge is 0.465 e. The molecule has 14 heteroatoms. The van der Waals surface area contributed by atoms with Gasteiger partial charge in [-0.3, -0.25) is 14.7 Å². The van der Waals surface area contributed by atoms with E-state index < -0.39 is 28.0 Å². The van der Waals surface area contributed by atoms with Crippen LogP contribution in [-0.4, -0.2) is 74.6 Å². The Kier molecular flexibility index (Phi) is 10.7. The maximum Gasteiger partial charge on any atom is 0.573 e. The maximum absolute atomic E-state index is 12.5. The SMILES string of the molecule is Cc1cc(OC(F)(F)F)ccc1S(=O)(=O)CNCCCCC(=O)CNCc1ccc(C2=NCCN2C(=O)O)cc1. The number of sulfone groups is 1. The van der Waals surface area contributed by atoms with Gasteiger partial charge < -0.3 is 20.5 Å². The first-order valence-corrected chi connectivity index (χ1v) is 14.2. The number of unbranched alkanes of at least 4 members (excludes halogenated alkanes) is 1. The fraction of sp³-hybridized carbons (Fsp3) is 0.423. The van der Waals surface area contributed by atoms with Crippen molar-refractivity contribution in [3.05, 3.63) is 59.2 Å². The number of benzene rings is 2. The van der Waals surface area contributed by atoms with Gasteiger partial charge >= 0.3 is 12.5 Å². The Morgan fingerprint density at radius 3 is 2.48 bits per heavy atom. The molecule has 0 unspecified atom stereocenters. The van der Waals surface area contributed by atoms with Crippen LogP contribution in [0.2, 0.25) is 0 Å². The molecular weight excluding hydrogens is 553 g/mol. The van der Waals surface area contributed by atoms with E-state index in [1.807, 2.05) is 12.1 Å². The van der Waals surface area contributed by atoms with Crippen LogP contribution in [0.25, 0.3) is 0 Å². The average Bonchev–Trinajstić information content (AvgIpc) is 3.36. The van der Waals surface area contributed by atoms with Crippen molar-refractivity contribution in [1.29, 1.82) is 0 Å². The summed E-state index contributed by atoms with van der Waals surface area (Å²) in [5, 5.41) is 15.1. The molecule has 1 heterocycles. The summed E-state index contributed by atoms with van der Waals surface area (Å²) in [5.74, 6) is -0.433. The van der Waals surface area contributed by atoms with E-state index in [1.54, 1.807) is 12.1 Å². The van der Waals surface area contributed by atoms with Gasteiger partial charge in [-0.1, -0.05) is 24.3 Å². The van der Waals surface area contributed by atoms with Crippen LogP contribution in [0.3, 0.4) is 0 Å². The molecule has 1 amide bonds. The minimum Gasteiger partial charge on any atom is -0.465 e. The molecule has 218 valence electrons. The number of Topliss-reactive ketones (excluding diaryl/α,β-unsaturated/α-hetero) is 1. The van der Waals surface area contributed by atoms with E-state index in [0.717, 1.165) is 23.8 Å². The van der Waals surface area contributed by atoms with Crippen LogP contribution in [0.15, 0.2) is 52.4 Å². The molecule has 1 aliphatic heterocycles. The number of ketones is 1. The number of hydrogen-bond acceptors (Lipinski definition) is 8. The van der Waals surface area contributed by atoms with Crippen LogP contribution in [0.4, 0.5) is 18.0 Å². The summed E-state index contributed by atoms with van der Waals surface area (Å²) in [6.45, 7) is 3.16. The zero-order valence-electron chi connectivity index (χ0n) is 21.8. The van der Waals surface area contributed by atoms with Gasteiger partial charge in [0.15, 0.2) is 9.84 Å². The van der Waals surface area contributed by atoms with E-state index in [9.17, 15) is 36.3 Å². The molecule has 2 aromatic carbocycles. The van der Waals surface area contributed by atoms with Gasteiger partial charge in [-0.25, -0.2) is 13.2 Å². The number of aliphatic imine (C=N–C) groups is 1. The van der Waals surface area contributed by atoms with Crippen molar-refractivity contribution in [3.8, 4) is 5.75 Å². The fourth-order valence-corrected chi connectivity index (χ4v) is 5.50. The van der Waals surface area contributed by atoms with E-state index >= 15 is 0 Å². The van der Waals surface area contributed by atoms with Crippen molar-refractivity contribution in [2.24, 2.45) is 4.99 Å². The van der Waals surface area contributed by atoms with Crippen LogP contribution in [0.1, 0.15) is 36.0 Å². The summed E-state index contributed by atoms with van der Waals surface area (Å²) in [4.78, 5) is 28.8. The zero-order chi connectivity index (χ0) is 29.3. The Labute approximate surface area is 230 Å². The second-order valence-corrected chi connectivity index (χ2v) is 11.1. The number of amides is 1. The third kappa shape index (κ3) is 9.31. The van der Waals surface area contributed by atoms with Crippen molar-refractivity contribution in [3.63, 3.8) is 0 Å². The van der Waals surface area contributed by atoms with Crippen molar-refractivity contribution in [2.45, 2.75) is 44.0 Å². The van der Waals surface area contributed by atoms with E-state index in [2.05, 4.69) is 20.4 Å².